The minimum Gasteiger partial charge on any atom is -0.282 e. The van der Waals surface area contributed by atoms with Gasteiger partial charge in [0.1, 0.15) is 6.07 Å². The molecule has 0 aliphatic carbocycles. The predicted octanol–water partition coefficient (Wildman–Crippen LogP) is 2.26. The number of sulfonamides is 1. The Balaban J connectivity index is 3.03. The average Bonchev–Trinajstić information content (AvgIpc) is 2.29. The average molecular weight is 284 g/mol. The van der Waals surface area contributed by atoms with Crippen molar-refractivity contribution in [3.05, 3.63) is 28.8 Å². The maximum absolute atomic E-state index is 11.8. The number of hydrogen-bond donors (Lipinski definition) is 1. The van der Waals surface area contributed by atoms with Crippen LogP contribution < -0.4 is 4.72 Å². The highest BCUT2D eigenvalue weighted by Gasteiger charge is 2.23. The number of rotatable bonds is 4. The lowest BCUT2D eigenvalue weighted by atomic mass is 10.2. The molecule has 7 heteroatoms. The molecule has 0 fully saturated rings. The molecule has 0 radical (unpaired) electrons. The molecular weight excluding hydrogens is 274 g/mol. The van der Waals surface area contributed by atoms with Crippen LogP contribution in [-0.2, 0) is 10.0 Å². The zero-order chi connectivity index (χ0) is 13.8. The fourth-order valence-electron chi connectivity index (χ4n) is 1.28. The summed E-state index contributed by atoms with van der Waals surface area (Å²) in [7, 11) is -3.76. The van der Waals surface area contributed by atoms with Crippen molar-refractivity contribution in [1.29, 1.82) is 10.5 Å². The van der Waals surface area contributed by atoms with E-state index in [1.165, 1.54) is 18.2 Å². The van der Waals surface area contributed by atoms with Crippen LogP contribution in [0.5, 0.6) is 0 Å². The van der Waals surface area contributed by atoms with Crippen LogP contribution in [0.4, 0.5) is 5.69 Å². The Morgan fingerprint density at radius 2 is 2.11 bits per heavy atom. The Bertz CT molecular complexity index is 629. The van der Waals surface area contributed by atoms with E-state index in [2.05, 4.69) is 4.72 Å². The lowest BCUT2D eigenvalue weighted by molar-refractivity contribution is 0.593. The lowest BCUT2D eigenvalue weighted by Crippen LogP contribution is -2.25. The number of anilines is 1. The summed E-state index contributed by atoms with van der Waals surface area (Å²) >= 11 is 5.78. The van der Waals surface area contributed by atoms with Gasteiger partial charge in [0.05, 0.1) is 22.3 Å². The van der Waals surface area contributed by atoms with Crippen LogP contribution in [0.2, 0.25) is 5.02 Å². The van der Waals surface area contributed by atoms with E-state index in [0.717, 1.165) is 0 Å². The number of benzene rings is 1. The third kappa shape index (κ3) is 3.13. The molecule has 0 aliphatic rings. The van der Waals surface area contributed by atoms with Crippen molar-refractivity contribution in [1.82, 2.24) is 0 Å². The third-order valence-electron chi connectivity index (χ3n) is 2.24. The van der Waals surface area contributed by atoms with Gasteiger partial charge in [-0.2, -0.15) is 10.5 Å². The largest absolute Gasteiger partial charge is 0.282 e. The summed E-state index contributed by atoms with van der Waals surface area (Å²) in [6, 6.07) is 7.75. The van der Waals surface area contributed by atoms with Gasteiger partial charge in [-0.05, 0) is 24.6 Å². The summed E-state index contributed by atoms with van der Waals surface area (Å²) in [4.78, 5) is 0. The van der Waals surface area contributed by atoms with Gasteiger partial charge < -0.3 is 0 Å². The highest BCUT2D eigenvalue weighted by molar-refractivity contribution is 7.93. The Hall–Kier alpha value is -1.76. The molecule has 1 unspecified atom stereocenters. The first-order chi connectivity index (χ1) is 8.44. The minimum atomic E-state index is -3.76. The van der Waals surface area contributed by atoms with Crippen molar-refractivity contribution in [2.45, 2.75) is 18.6 Å². The summed E-state index contributed by atoms with van der Waals surface area (Å²) in [5, 5.41) is 16.5. The van der Waals surface area contributed by atoms with E-state index < -0.39 is 15.3 Å². The maximum Gasteiger partial charge on any atom is 0.249 e. The van der Waals surface area contributed by atoms with Gasteiger partial charge in [-0.1, -0.05) is 18.5 Å². The third-order valence-corrected chi connectivity index (χ3v) is 4.26. The fourth-order valence-corrected chi connectivity index (χ4v) is 2.68. The van der Waals surface area contributed by atoms with E-state index in [1.54, 1.807) is 13.0 Å². The lowest BCUT2D eigenvalue weighted by Gasteiger charge is -2.11. The first-order valence-corrected chi connectivity index (χ1v) is 6.98. The standard InChI is InChI=1S/C11H10ClN3O2S/c1-2-10(7-14)18(16,17)15-9-4-3-8(6-13)11(12)5-9/h3-5,10,15H,2H2,1H3. The van der Waals surface area contributed by atoms with Gasteiger partial charge in [-0.25, -0.2) is 8.42 Å². The fraction of sp³-hybridized carbons (Fsp3) is 0.273. The molecule has 1 aromatic carbocycles. The van der Waals surface area contributed by atoms with Crippen LogP contribution in [0.3, 0.4) is 0 Å². The molecule has 1 aromatic rings. The molecule has 0 heterocycles. The Morgan fingerprint density at radius 3 is 2.56 bits per heavy atom. The molecule has 5 nitrogen and oxygen atoms in total. The highest BCUT2D eigenvalue weighted by atomic mass is 35.5. The molecule has 1 rings (SSSR count). The van der Waals surface area contributed by atoms with Crippen LogP contribution in [0.25, 0.3) is 0 Å². The highest BCUT2D eigenvalue weighted by Crippen LogP contribution is 2.22. The molecule has 1 atom stereocenters. The normalized spacial score (nSPS) is 12.2. The van der Waals surface area contributed by atoms with Crippen molar-refractivity contribution >= 4 is 27.3 Å². The van der Waals surface area contributed by atoms with Crippen molar-refractivity contribution in [2.75, 3.05) is 4.72 Å². The van der Waals surface area contributed by atoms with Gasteiger partial charge in [0.25, 0.3) is 0 Å². The summed E-state index contributed by atoms with van der Waals surface area (Å²) in [5.74, 6) is 0. The van der Waals surface area contributed by atoms with Crippen LogP contribution in [-0.4, -0.2) is 13.7 Å². The first kappa shape index (κ1) is 14.3. The molecule has 94 valence electrons. The number of halogens is 1. The van der Waals surface area contributed by atoms with Crippen molar-refractivity contribution in [3.63, 3.8) is 0 Å². The number of nitrogens with one attached hydrogen (secondary N) is 1. The van der Waals surface area contributed by atoms with E-state index in [1.807, 2.05) is 6.07 Å². The number of hydrogen-bond acceptors (Lipinski definition) is 4. The van der Waals surface area contributed by atoms with Gasteiger partial charge in [0, 0.05) is 0 Å². The van der Waals surface area contributed by atoms with Crippen molar-refractivity contribution < 1.29 is 8.42 Å². The molecule has 18 heavy (non-hydrogen) atoms. The van der Waals surface area contributed by atoms with Gasteiger partial charge >= 0.3 is 0 Å². The minimum absolute atomic E-state index is 0.155. The monoisotopic (exact) mass is 283 g/mol. The predicted molar refractivity (Wildman–Crippen MR) is 68.4 cm³/mol. The van der Waals surface area contributed by atoms with E-state index in [-0.39, 0.29) is 22.7 Å². The van der Waals surface area contributed by atoms with Gasteiger partial charge in [0.2, 0.25) is 10.0 Å². The molecule has 0 amide bonds. The Labute approximate surface area is 111 Å². The summed E-state index contributed by atoms with van der Waals surface area (Å²) in [6.07, 6.45) is 0.190. The summed E-state index contributed by atoms with van der Waals surface area (Å²) in [5.41, 5.74) is 0.486. The topological polar surface area (TPSA) is 93.8 Å². The second-order valence-corrected chi connectivity index (χ2v) is 5.75. The number of nitriles is 2. The molecule has 0 aromatic heterocycles. The van der Waals surface area contributed by atoms with E-state index in [9.17, 15) is 8.42 Å². The van der Waals surface area contributed by atoms with Crippen LogP contribution in [0, 0.1) is 22.7 Å². The first-order valence-electron chi connectivity index (χ1n) is 5.05. The second kappa shape index (κ2) is 5.72. The SMILES string of the molecule is CCC(C#N)S(=O)(=O)Nc1ccc(C#N)c(Cl)c1. The summed E-state index contributed by atoms with van der Waals surface area (Å²) in [6.45, 7) is 1.61. The smallest absolute Gasteiger partial charge is 0.249 e. The van der Waals surface area contributed by atoms with Gasteiger partial charge in [-0.3, -0.25) is 4.72 Å². The Morgan fingerprint density at radius 1 is 1.44 bits per heavy atom. The maximum atomic E-state index is 11.8. The molecule has 0 bridgehead atoms. The number of nitrogens with zero attached hydrogens (tertiary/aromatic N) is 2. The molecule has 0 spiro atoms. The van der Waals surface area contributed by atoms with Crippen LogP contribution in [0.15, 0.2) is 18.2 Å². The molecule has 0 saturated carbocycles. The zero-order valence-electron chi connectivity index (χ0n) is 9.51. The summed E-state index contributed by atoms with van der Waals surface area (Å²) < 4.78 is 25.8. The Kier molecular flexibility index (Phi) is 4.55. The quantitative estimate of drug-likeness (QED) is 0.917. The second-order valence-electron chi connectivity index (χ2n) is 3.48. The molecular formula is C11H10ClN3O2S. The van der Waals surface area contributed by atoms with Gasteiger partial charge in [-0.15, -0.1) is 0 Å². The van der Waals surface area contributed by atoms with E-state index >= 15 is 0 Å². The van der Waals surface area contributed by atoms with Crippen molar-refractivity contribution in [2.24, 2.45) is 0 Å². The molecule has 0 saturated heterocycles. The van der Waals surface area contributed by atoms with Crippen LogP contribution >= 0.6 is 11.6 Å². The zero-order valence-corrected chi connectivity index (χ0v) is 11.1. The van der Waals surface area contributed by atoms with Crippen molar-refractivity contribution in [3.8, 4) is 12.1 Å². The van der Waals surface area contributed by atoms with Crippen LogP contribution in [0.1, 0.15) is 18.9 Å². The van der Waals surface area contributed by atoms with Gasteiger partial charge in [0.15, 0.2) is 5.25 Å². The van der Waals surface area contributed by atoms with E-state index in [0.29, 0.717) is 0 Å². The molecule has 1 N–H and O–H groups in total. The van der Waals surface area contributed by atoms with E-state index in [4.69, 9.17) is 22.1 Å². The molecule has 0 aliphatic heterocycles.